The molecular weight excluding hydrogens is 206 g/mol. The molecule has 1 N–H and O–H groups in total. The Labute approximate surface area is 92.5 Å². The van der Waals surface area contributed by atoms with Crippen LogP contribution >= 0.6 is 0 Å². The minimum Gasteiger partial charge on any atom is -0.494 e. The van der Waals surface area contributed by atoms with Crippen molar-refractivity contribution < 1.29 is 14.6 Å². The van der Waals surface area contributed by atoms with Crippen LogP contribution in [0.3, 0.4) is 0 Å². The van der Waals surface area contributed by atoms with Gasteiger partial charge in [0.1, 0.15) is 11.4 Å². The zero-order chi connectivity index (χ0) is 11.5. The number of ether oxygens (including phenoxy) is 1. The van der Waals surface area contributed by atoms with Crippen molar-refractivity contribution >= 4 is 16.7 Å². The predicted octanol–water partition coefficient (Wildman–Crippen LogP) is 2.33. The van der Waals surface area contributed by atoms with Crippen LogP contribution in [-0.4, -0.2) is 22.7 Å². The lowest BCUT2D eigenvalue weighted by Crippen LogP contribution is -1.99. The summed E-state index contributed by atoms with van der Waals surface area (Å²) in [5.74, 6) is -0.291. The first-order chi connectivity index (χ1) is 7.70. The van der Waals surface area contributed by atoms with Crippen molar-refractivity contribution in [3.05, 3.63) is 36.2 Å². The Morgan fingerprint density at radius 1 is 1.38 bits per heavy atom. The zero-order valence-electron chi connectivity index (χ0n) is 8.80. The Morgan fingerprint density at radius 3 is 2.88 bits per heavy atom. The molecule has 82 valence electrons. The van der Waals surface area contributed by atoms with Crippen LogP contribution in [0.4, 0.5) is 0 Å². The van der Waals surface area contributed by atoms with Gasteiger partial charge in [-0.2, -0.15) is 0 Å². The Hall–Kier alpha value is -2.10. The van der Waals surface area contributed by atoms with E-state index in [4.69, 9.17) is 9.84 Å². The normalized spacial score (nSPS) is 10.3. The predicted molar refractivity (Wildman–Crippen MR) is 59.9 cm³/mol. The second-order valence-electron chi connectivity index (χ2n) is 3.32. The fourth-order valence-electron chi connectivity index (χ4n) is 1.49. The monoisotopic (exact) mass is 217 g/mol. The van der Waals surface area contributed by atoms with Gasteiger partial charge in [0.05, 0.1) is 6.61 Å². The number of aromatic carboxylic acids is 1. The minimum atomic E-state index is -1.02. The highest BCUT2D eigenvalue weighted by Crippen LogP contribution is 2.20. The molecule has 0 atom stereocenters. The molecule has 0 bridgehead atoms. The first-order valence-electron chi connectivity index (χ1n) is 4.96. The quantitative estimate of drug-likeness (QED) is 0.857. The van der Waals surface area contributed by atoms with Crippen molar-refractivity contribution in [1.29, 1.82) is 0 Å². The average Bonchev–Trinajstić information content (AvgIpc) is 2.28. The van der Waals surface area contributed by atoms with Crippen molar-refractivity contribution in [2.45, 2.75) is 6.92 Å². The lowest BCUT2D eigenvalue weighted by atomic mass is 10.1. The van der Waals surface area contributed by atoms with Crippen molar-refractivity contribution in [3.63, 3.8) is 0 Å². The highest BCUT2D eigenvalue weighted by molar-refractivity contribution is 5.92. The highest BCUT2D eigenvalue weighted by Gasteiger charge is 2.05. The van der Waals surface area contributed by atoms with Crippen molar-refractivity contribution in [2.24, 2.45) is 0 Å². The summed E-state index contributed by atoms with van der Waals surface area (Å²) in [6.45, 7) is 2.49. The van der Waals surface area contributed by atoms with Gasteiger partial charge in [-0.25, -0.2) is 9.78 Å². The van der Waals surface area contributed by atoms with Gasteiger partial charge in [-0.3, -0.25) is 0 Å². The molecule has 0 saturated carbocycles. The third-order valence-corrected chi connectivity index (χ3v) is 2.22. The van der Waals surface area contributed by atoms with Crippen molar-refractivity contribution in [3.8, 4) is 5.75 Å². The number of nitrogens with zero attached hydrogens (tertiary/aromatic N) is 1. The van der Waals surface area contributed by atoms with E-state index in [1.165, 1.54) is 0 Å². The first kappa shape index (κ1) is 10.4. The fraction of sp³-hybridized carbons (Fsp3) is 0.167. The van der Waals surface area contributed by atoms with Gasteiger partial charge >= 0.3 is 5.97 Å². The Bertz CT molecular complexity index is 537. The van der Waals surface area contributed by atoms with Gasteiger partial charge in [-0.15, -0.1) is 0 Å². The third-order valence-electron chi connectivity index (χ3n) is 2.22. The maximum atomic E-state index is 10.8. The average molecular weight is 217 g/mol. The van der Waals surface area contributed by atoms with E-state index in [0.717, 1.165) is 16.5 Å². The van der Waals surface area contributed by atoms with E-state index >= 15 is 0 Å². The van der Waals surface area contributed by atoms with Crippen LogP contribution in [0.1, 0.15) is 17.4 Å². The van der Waals surface area contributed by atoms with Gasteiger partial charge in [0.15, 0.2) is 0 Å². The summed E-state index contributed by atoms with van der Waals surface area (Å²) in [5, 5.41) is 10.5. The second-order valence-corrected chi connectivity index (χ2v) is 3.32. The van der Waals surface area contributed by atoms with Gasteiger partial charge in [0, 0.05) is 11.6 Å². The van der Waals surface area contributed by atoms with E-state index in [9.17, 15) is 4.79 Å². The van der Waals surface area contributed by atoms with Gasteiger partial charge in [0.25, 0.3) is 0 Å². The number of hydrogen-bond acceptors (Lipinski definition) is 3. The molecule has 1 aromatic heterocycles. The summed E-state index contributed by atoms with van der Waals surface area (Å²) in [6, 6.07) is 7.06. The van der Waals surface area contributed by atoms with E-state index in [1.807, 2.05) is 25.1 Å². The van der Waals surface area contributed by atoms with Gasteiger partial charge in [-0.05, 0) is 36.6 Å². The summed E-state index contributed by atoms with van der Waals surface area (Å²) in [4.78, 5) is 14.6. The number of benzene rings is 1. The zero-order valence-corrected chi connectivity index (χ0v) is 8.80. The third kappa shape index (κ3) is 1.95. The maximum absolute atomic E-state index is 10.8. The molecule has 1 heterocycles. The summed E-state index contributed by atoms with van der Waals surface area (Å²) in [7, 11) is 0. The van der Waals surface area contributed by atoms with E-state index in [1.54, 1.807) is 12.3 Å². The molecule has 1 aromatic carbocycles. The Kier molecular flexibility index (Phi) is 2.72. The van der Waals surface area contributed by atoms with Crippen LogP contribution in [0.15, 0.2) is 30.5 Å². The molecule has 0 fully saturated rings. The molecule has 0 aliphatic heterocycles. The van der Waals surface area contributed by atoms with Gasteiger partial charge in [0.2, 0.25) is 0 Å². The number of rotatable bonds is 3. The molecule has 0 saturated heterocycles. The van der Waals surface area contributed by atoms with Crippen molar-refractivity contribution in [1.82, 2.24) is 4.98 Å². The Balaban J connectivity index is 2.52. The summed E-state index contributed by atoms with van der Waals surface area (Å²) < 4.78 is 5.35. The molecule has 0 amide bonds. The molecule has 0 aliphatic carbocycles. The molecular formula is C12H11NO3. The van der Waals surface area contributed by atoms with Crippen LogP contribution in [0.5, 0.6) is 5.75 Å². The number of carbonyl (C=O) groups is 1. The van der Waals surface area contributed by atoms with Crippen molar-refractivity contribution in [2.75, 3.05) is 6.61 Å². The molecule has 0 spiro atoms. The topological polar surface area (TPSA) is 59.4 Å². The summed E-state index contributed by atoms with van der Waals surface area (Å²) in [6.07, 6.45) is 1.55. The van der Waals surface area contributed by atoms with E-state index in [0.29, 0.717) is 6.61 Å². The molecule has 4 nitrogen and oxygen atoms in total. The molecule has 16 heavy (non-hydrogen) atoms. The number of carboxylic acid groups (broad SMARTS) is 1. The van der Waals surface area contributed by atoms with E-state index < -0.39 is 5.97 Å². The largest absolute Gasteiger partial charge is 0.494 e. The summed E-state index contributed by atoms with van der Waals surface area (Å²) in [5.41, 5.74) is 0.0427. The molecule has 2 rings (SSSR count). The number of carboxylic acids is 1. The first-order valence-corrected chi connectivity index (χ1v) is 4.96. The molecule has 2 aromatic rings. The molecule has 0 aliphatic rings. The molecule has 4 heteroatoms. The SMILES string of the molecule is CCOc1ccc2cnc(C(=O)O)cc2c1. The number of hydrogen-bond donors (Lipinski definition) is 1. The number of fused-ring (bicyclic) bond motifs is 1. The van der Waals surface area contributed by atoms with E-state index in [2.05, 4.69) is 4.98 Å². The van der Waals surface area contributed by atoms with Crippen LogP contribution < -0.4 is 4.74 Å². The second kappa shape index (κ2) is 4.18. The number of aromatic nitrogens is 1. The van der Waals surface area contributed by atoms with Crippen LogP contribution in [-0.2, 0) is 0 Å². The van der Waals surface area contributed by atoms with Crippen LogP contribution in [0.25, 0.3) is 10.8 Å². The lowest BCUT2D eigenvalue weighted by molar-refractivity contribution is 0.0690. The van der Waals surface area contributed by atoms with Gasteiger partial charge < -0.3 is 9.84 Å². The van der Waals surface area contributed by atoms with E-state index in [-0.39, 0.29) is 5.69 Å². The maximum Gasteiger partial charge on any atom is 0.354 e. The van der Waals surface area contributed by atoms with Crippen LogP contribution in [0.2, 0.25) is 0 Å². The van der Waals surface area contributed by atoms with Crippen LogP contribution in [0, 0.1) is 0 Å². The molecule has 0 radical (unpaired) electrons. The lowest BCUT2D eigenvalue weighted by Gasteiger charge is -2.04. The minimum absolute atomic E-state index is 0.0427. The van der Waals surface area contributed by atoms with Gasteiger partial charge in [-0.1, -0.05) is 0 Å². The standard InChI is InChI=1S/C12H11NO3/c1-2-16-10-4-3-8-7-13-11(12(14)15)6-9(8)5-10/h3-7H,2H2,1H3,(H,14,15). The summed E-state index contributed by atoms with van der Waals surface area (Å²) >= 11 is 0. The Morgan fingerprint density at radius 2 is 2.19 bits per heavy atom. The smallest absolute Gasteiger partial charge is 0.354 e. The number of pyridine rings is 1. The highest BCUT2D eigenvalue weighted by atomic mass is 16.5. The molecule has 0 unspecified atom stereocenters. The fourth-order valence-corrected chi connectivity index (χ4v) is 1.49.